The van der Waals surface area contributed by atoms with Crippen molar-refractivity contribution in [1.29, 1.82) is 0 Å². The number of nitrogens with one attached hydrogen (secondary N) is 2. The molecule has 2 N–H and O–H groups in total. The lowest BCUT2D eigenvalue weighted by Crippen LogP contribution is -2.51. The van der Waals surface area contributed by atoms with Crippen LogP contribution in [0.4, 0.5) is 4.79 Å². The number of amides is 4. The Morgan fingerprint density at radius 1 is 1.17 bits per heavy atom. The molecule has 3 aliphatic rings. The summed E-state index contributed by atoms with van der Waals surface area (Å²) in [6, 6.07) is 7.66. The molecule has 1 unspecified atom stereocenters. The zero-order valence-electron chi connectivity index (χ0n) is 18.3. The van der Waals surface area contributed by atoms with Crippen molar-refractivity contribution >= 4 is 17.8 Å². The molecule has 1 aromatic rings. The highest BCUT2D eigenvalue weighted by Gasteiger charge is 2.53. The minimum Gasteiger partial charge on any atom is -0.348 e. The molecule has 0 radical (unpaired) electrons. The maximum atomic E-state index is 13.1. The predicted molar refractivity (Wildman–Crippen MR) is 115 cm³/mol. The molecule has 1 atom stereocenters. The van der Waals surface area contributed by atoms with Gasteiger partial charge in [-0.05, 0) is 67.4 Å². The maximum Gasteiger partial charge on any atom is 0.325 e. The third-order valence-corrected chi connectivity index (χ3v) is 7.32. The number of rotatable bonds is 3. The van der Waals surface area contributed by atoms with Gasteiger partial charge in [0.25, 0.3) is 5.91 Å². The van der Waals surface area contributed by atoms with Gasteiger partial charge in [0.15, 0.2) is 0 Å². The number of hydrogen-bond donors (Lipinski definition) is 2. The fraction of sp³-hybridized carbons (Fsp3) is 0.625. The van der Waals surface area contributed by atoms with Crippen LogP contribution in [0.1, 0.15) is 76.5 Å². The Kier molecular flexibility index (Phi) is 5.37. The van der Waals surface area contributed by atoms with E-state index in [2.05, 4.69) is 43.5 Å². The van der Waals surface area contributed by atoms with E-state index in [4.69, 9.17) is 0 Å². The summed E-state index contributed by atoms with van der Waals surface area (Å²) in [4.78, 5) is 39.6. The standard InChI is InChI=1S/C24H33N3O3/c1-23(2,3)17-11-13-24(14-12-17)21(29)27(22(30)26-24)15-20(28)25-19-10-6-8-16-7-4-5-9-18(16)19/h4-5,7,9,17,19H,6,8,10-15H2,1-3H3,(H,25,28)(H,26,30). The molecule has 1 aromatic carbocycles. The summed E-state index contributed by atoms with van der Waals surface area (Å²) in [5.41, 5.74) is 1.78. The van der Waals surface area contributed by atoms with Gasteiger partial charge in [-0.3, -0.25) is 14.5 Å². The Balaban J connectivity index is 1.39. The number of benzene rings is 1. The highest BCUT2D eigenvalue weighted by molar-refractivity contribution is 6.09. The molecule has 1 saturated heterocycles. The third kappa shape index (κ3) is 3.84. The maximum absolute atomic E-state index is 13.1. The van der Waals surface area contributed by atoms with E-state index in [1.54, 1.807) is 0 Å². The molecule has 1 aliphatic heterocycles. The Morgan fingerprint density at radius 2 is 1.87 bits per heavy atom. The smallest absolute Gasteiger partial charge is 0.325 e. The second-order valence-corrected chi connectivity index (χ2v) is 10.3. The molecule has 4 amide bonds. The van der Waals surface area contributed by atoms with E-state index in [1.165, 1.54) is 5.56 Å². The highest BCUT2D eigenvalue weighted by atomic mass is 16.2. The molecule has 30 heavy (non-hydrogen) atoms. The Hall–Kier alpha value is -2.37. The van der Waals surface area contributed by atoms with Crippen molar-refractivity contribution in [3.63, 3.8) is 0 Å². The van der Waals surface area contributed by atoms with Crippen LogP contribution in [0.2, 0.25) is 0 Å². The van der Waals surface area contributed by atoms with Gasteiger partial charge >= 0.3 is 6.03 Å². The number of nitrogens with zero attached hydrogens (tertiary/aromatic N) is 1. The van der Waals surface area contributed by atoms with Crippen LogP contribution >= 0.6 is 0 Å². The number of imide groups is 1. The normalized spacial score (nSPS) is 29.0. The van der Waals surface area contributed by atoms with E-state index in [0.717, 1.165) is 42.6 Å². The lowest BCUT2D eigenvalue weighted by atomic mass is 9.67. The first-order valence-corrected chi connectivity index (χ1v) is 11.2. The van der Waals surface area contributed by atoms with Gasteiger partial charge in [-0.15, -0.1) is 0 Å². The Labute approximate surface area is 178 Å². The van der Waals surface area contributed by atoms with E-state index >= 15 is 0 Å². The van der Waals surface area contributed by atoms with Crippen molar-refractivity contribution in [2.24, 2.45) is 11.3 Å². The van der Waals surface area contributed by atoms with Crippen molar-refractivity contribution in [2.45, 2.75) is 77.3 Å². The van der Waals surface area contributed by atoms with Crippen LogP contribution in [-0.2, 0) is 16.0 Å². The summed E-state index contributed by atoms with van der Waals surface area (Å²) in [5.74, 6) is 0.0243. The van der Waals surface area contributed by atoms with E-state index in [-0.39, 0.29) is 29.8 Å². The minimum atomic E-state index is -0.823. The minimum absolute atomic E-state index is 0.0561. The average Bonchev–Trinajstić information content (AvgIpc) is 2.92. The number of carbonyl (C=O) groups is 3. The number of aryl methyl sites for hydroxylation is 1. The first kappa shape index (κ1) is 20.9. The van der Waals surface area contributed by atoms with Gasteiger partial charge in [-0.1, -0.05) is 45.0 Å². The van der Waals surface area contributed by atoms with Crippen LogP contribution in [0.15, 0.2) is 24.3 Å². The largest absolute Gasteiger partial charge is 0.348 e. The molecule has 1 spiro atoms. The molecule has 6 nitrogen and oxygen atoms in total. The molecule has 1 heterocycles. The lowest BCUT2D eigenvalue weighted by Gasteiger charge is -2.40. The quantitative estimate of drug-likeness (QED) is 0.745. The molecular formula is C24H33N3O3. The predicted octanol–water partition coefficient (Wildman–Crippen LogP) is 3.71. The summed E-state index contributed by atoms with van der Waals surface area (Å²) >= 11 is 0. The fourth-order valence-corrected chi connectivity index (χ4v) is 5.42. The second-order valence-electron chi connectivity index (χ2n) is 10.3. The second kappa shape index (κ2) is 7.71. The molecule has 6 heteroatoms. The first-order valence-electron chi connectivity index (χ1n) is 11.2. The summed E-state index contributed by atoms with van der Waals surface area (Å²) in [6.07, 6.45) is 6.03. The van der Waals surface area contributed by atoms with E-state index in [0.29, 0.717) is 18.8 Å². The van der Waals surface area contributed by atoms with Crippen LogP contribution in [0.5, 0.6) is 0 Å². The van der Waals surface area contributed by atoms with Crippen molar-refractivity contribution in [3.8, 4) is 0 Å². The molecule has 0 aromatic heterocycles. The van der Waals surface area contributed by atoms with Crippen molar-refractivity contribution in [3.05, 3.63) is 35.4 Å². The van der Waals surface area contributed by atoms with Crippen LogP contribution in [0.25, 0.3) is 0 Å². The molecular weight excluding hydrogens is 378 g/mol. The Bertz CT molecular complexity index is 849. The van der Waals surface area contributed by atoms with Crippen LogP contribution in [0, 0.1) is 11.3 Å². The average molecular weight is 412 g/mol. The van der Waals surface area contributed by atoms with Crippen molar-refractivity contribution in [1.82, 2.24) is 15.5 Å². The monoisotopic (exact) mass is 411 g/mol. The zero-order chi connectivity index (χ0) is 21.5. The number of hydrogen-bond acceptors (Lipinski definition) is 3. The van der Waals surface area contributed by atoms with Gasteiger partial charge in [0.05, 0.1) is 6.04 Å². The van der Waals surface area contributed by atoms with Gasteiger partial charge in [-0.25, -0.2) is 4.79 Å². The van der Waals surface area contributed by atoms with Crippen LogP contribution < -0.4 is 10.6 Å². The molecule has 4 rings (SSSR count). The number of fused-ring (bicyclic) bond motifs is 1. The lowest BCUT2D eigenvalue weighted by molar-refractivity contribution is -0.136. The fourth-order valence-electron chi connectivity index (χ4n) is 5.42. The van der Waals surface area contributed by atoms with Gasteiger partial charge in [0, 0.05) is 0 Å². The van der Waals surface area contributed by atoms with Crippen LogP contribution in [-0.4, -0.2) is 34.8 Å². The zero-order valence-corrected chi connectivity index (χ0v) is 18.3. The van der Waals surface area contributed by atoms with Crippen molar-refractivity contribution < 1.29 is 14.4 Å². The summed E-state index contributed by atoms with van der Waals surface area (Å²) in [7, 11) is 0. The Morgan fingerprint density at radius 3 is 2.57 bits per heavy atom. The third-order valence-electron chi connectivity index (χ3n) is 7.32. The van der Waals surface area contributed by atoms with Crippen molar-refractivity contribution in [2.75, 3.05) is 6.54 Å². The summed E-state index contributed by atoms with van der Waals surface area (Å²) in [6.45, 7) is 6.47. The van der Waals surface area contributed by atoms with Gasteiger partial charge in [0.1, 0.15) is 12.1 Å². The SMILES string of the molecule is CC(C)(C)C1CCC2(CC1)NC(=O)N(CC(=O)NC1CCCc3ccccc31)C2=O. The topological polar surface area (TPSA) is 78.5 Å². The molecule has 1 saturated carbocycles. The van der Waals surface area contributed by atoms with Gasteiger partial charge in [-0.2, -0.15) is 0 Å². The first-order chi connectivity index (χ1) is 14.2. The number of urea groups is 1. The molecule has 2 fully saturated rings. The van der Waals surface area contributed by atoms with Gasteiger partial charge in [0.2, 0.25) is 5.91 Å². The molecule has 162 valence electrons. The molecule has 0 bridgehead atoms. The van der Waals surface area contributed by atoms with Gasteiger partial charge < -0.3 is 10.6 Å². The summed E-state index contributed by atoms with van der Waals surface area (Å²) in [5, 5.41) is 5.97. The summed E-state index contributed by atoms with van der Waals surface area (Å²) < 4.78 is 0. The molecule has 2 aliphatic carbocycles. The van der Waals surface area contributed by atoms with E-state index in [9.17, 15) is 14.4 Å². The van der Waals surface area contributed by atoms with E-state index < -0.39 is 11.6 Å². The highest BCUT2D eigenvalue weighted by Crippen LogP contribution is 2.43. The van der Waals surface area contributed by atoms with Crippen LogP contribution in [0.3, 0.4) is 0 Å². The van der Waals surface area contributed by atoms with E-state index in [1.807, 2.05) is 12.1 Å². The number of carbonyl (C=O) groups excluding carboxylic acids is 3.